The predicted molar refractivity (Wildman–Crippen MR) is 49.3 cm³/mol. The van der Waals surface area contributed by atoms with Crippen molar-refractivity contribution in [2.45, 2.75) is 43.9 Å². The maximum atomic E-state index is 10.5. The van der Waals surface area contributed by atoms with Crippen LogP contribution in [0.5, 0.6) is 0 Å². The molecule has 0 heterocycles. The van der Waals surface area contributed by atoms with E-state index in [4.69, 9.17) is 23.2 Å². The minimum atomic E-state index is -0.243. The zero-order valence-corrected chi connectivity index (χ0v) is 8.29. The van der Waals surface area contributed by atoms with E-state index in [2.05, 4.69) is 0 Å². The molecule has 0 bridgehead atoms. The summed E-state index contributed by atoms with van der Waals surface area (Å²) in [5.74, 6) is 0.262. The van der Waals surface area contributed by atoms with Gasteiger partial charge in [-0.2, -0.15) is 0 Å². The first kappa shape index (κ1) is 11.2. The summed E-state index contributed by atoms with van der Waals surface area (Å²) in [6.45, 7) is 1.62. The molecule has 0 spiro atoms. The van der Waals surface area contributed by atoms with Gasteiger partial charge in [0.05, 0.1) is 0 Å². The third kappa shape index (κ3) is 10.2. The zero-order valence-electron chi connectivity index (χ0n) is 6.78. The van der Waals surface area contributed by atoms with Crippen LogP contribution in [0.25, 0.3) is 0 Å². The molecule has 3 heteroatoms. The van der Waals surface area contributed by atoms with E-state index in [1.54, 1.807) is 6.92 Å². The van der Waals surface area contributed by atoms with Gasteiger partial charge in [-0.3, -0.25) is 0 Å². The highest BCUT2D eigenvalue weighted by molar-refractivity contribution is 6.44. The van der Waals surface area contributed by atoms with Gasteiger partial charge in [-0.25, -0.2) is 0 Å². The van der Waals surface area contributed by atoms with E-state index in [-0.39, 0.29) is 10.6 Å². The highest BCUT2D eigenvalue weighted by Gasteiger charge is 1.98. The maximum absolute atomic E-state index is 10.5. The average Bonchev–Trinajstić information content (AvgIpc) is 1.85. The van der Waals surface area contributed by atoms with Gasteiger partial charge in [0.15, 0.2) is 0 Å². The third-order valence-corrected chi connectivity index (χ3v) is 1.89. The van der Waals surface area contributed by atoms with E-state index in [1.165, 1.54) is 0 Å². The maximum Gasteiger partial charge on any atom is 0.129 e. The van der Waals surface area contributed by atoms with Gasteiger partial charge in [-0.05, 0) is 19.8 Å². The van der Waals surface area contributed by atoms with Gasteiger partial charge in [-0.1, -0.05) is 12.8 Å². The van der Waals surface area contributed by atoms with Crippen LogP contribution in [0.1, 0.15) is 39.0 Å². The van der Waals surface area contributed by atoms with Crippen molar-refractivity contribution in [1.82, 2.24) is 0 Å². The molecular formula is C8H14Cl2O. The summed E-state index contributed by atoms with van der Waals surface area (Å²) in [6.07, 6.45) is 4.56. The SMILES string of the molecule is CC(=O)CCCCCC(Cl)Cl. The average molecular weight is 197 g/mol. The van der Waals surface area contributed by atoms with Crippen molar-refractivity contribution in [3.8, 4) is 0 Å². The molecule has 0 saturated heterocycles. The summed E-state index contributed by atoms with van der Waals surface area (Å²) in [5, 5.41) is 0. The van der Waals surface area contributed by atoms with E-state index in [0.717, 1.165) is 25.7 Å². The number of halogens is 2. The third-order valence-electron chi connectivity index (χ3n) is 1.45. The number of hydrogen-bond donors (Lipinski definition) is 0. The summed E-state index contributed by atoms with van der Waals surface area (Å²) in [6, 6.07) is 0. The van der Waals surface area contributed by atoms with Crippen molar-refractivity contribution in [3.05, 3.63) is 0 Å². The molecule has 0 aliphatic carbocycles. The summed E-state index contributed by atoms with van der Waals surface area (Å²) < 4.78 is 0. The van der Waals surface area contributed by atoms with Crippen LogP contribution in [0.4, 0.5) is 0 Å². The molecule has 0 aromatic rings. The smallest absolute Gasteiger partial charge is 0.129 e. The molecule has 0 N–H and O–H groups in total. The van der Waals surface area contributed by atoms with Gasteiger partial charge in [0.1, 0.15) is 10.6 Å². The van der Waals surface area contributed by atoms with Crippen molar-refractivity contribution in [2.24, 2.45) is 0 Å². The van der Waals surface area contributed by atoms with E-state index >= 15 is 0 Å². The predicted octanol–water partition coefficient (Wildman–Crippen LogP) is 3.33. The Balaban J connectivity index is 2.97. The van der Waals surface area contributed by atoms with Crippen molar-refractivity contribution in [1.29, 1.82) is 0 Å². The zero-order chi connectivity index (χ0) is 8.69. The Hall–Kier alpha value is 0.250. The lowest BCUT2D eigenvalue weighted by Gasteiger charge is -1.99. The second-order valence-electron chi connectivity index (χ2n) is 2.69. The Bertz CT molecular complexity index is 113. The van der Waals surface area contributed by atoms with Crippen molar-refractivity contribution >= 4 is 29.0 Å². The van der Waals surface area contributed by atoms with Crippen molar-refractivity contribution in [2.75, 3.05) is 0 Å². The van der Waals surface area contributed by atoms with E-state index in [0.29, 0.717) is 6.42 Å². The highest BCUT2D eigenvalue weighted by atomic mass is 35.5. The number of hydrogen-bond acceptors (Lipinski definition) is 1. The minimum absolute atomic E-state index is 0.243. The minimum Gasteiger partial charge on any atom is -0.300 e. The number of alkyl halides is 2. The number of rotatable bonds is 6. The lowest BCUT2D eigenvalue weighted by Crippen LogP contribution is -1.91. The lowest BCUT2D eigenvalue weighted by molar-refractivity contribution is -0.117. The van der Waals surface area contributed by atoms with Gasteiger partial charge < -0.3 is 4.79 Å². The van der Waals surface area contributed by atoms with Gasteiger partial charge in [0.25, 0.3) is 0 Å². The number of Topliss-reactive ketones (excluding diaryl/α,β-unsaturated/α-hetero) is 1. The fourth-order valence-electron chi connectivity index (χ4n) is 0.849. The summed E-state index contributed by atoms with van der Waals surface area (Å²) in [7, 11) is 0. The molecule has 0 amide bonds. The second kappa shape index (κ2) is 6.93. The molecule has 0 aromatic carbocycles. The Morgan fingerprint density at radius 2 is 1.91 bits per heavy atom. The van der Waals surface area contributed by atoms with Crippen LogP contribution >= 0.6 is 23.2 Å². The summed E-state index contributed by atoms with van der Waals surface area (Å²) in [4.78, 5) is 10.2. The topological polar surface area (TPSA) is 17.1 Å². The van der Waals surface area contributed by atoms with Crippen LogP contribution in [-0.4, -0.2) is 10.6 Å². The molecule has 0 aliphatic heterocycles. The fourth-order valence-corrected chi connectivity index (χ4v) is 1.16. The van der Waals surface area contributed by atoms with Gasteiger partial charge in [0, 0.05) is 6.42 Å². The van der Waals surface area contributed by atoms with Crippen LogP contribution in [0.15, 0.2) is 0 Å². The monoisotopic (exact) mass is 196 g/mol. The van der Waals surface area contributed by atoms with Crippen LogP contribution < -0.4 is 0 Å². The molecule has 0 aliphatic rings. The molecule has 0 saturated carbocycles. The summed E-state index contributed by atoms with van der Waals surface area (Å²) >= 11 is 11.0. The molecular weight excluding hydrogens is 183 g/mol. The molecule has 0 rings (SSSR count). The van der Waals surface area contributed by atoms with Gasteiger partial charge in [-0.15, -0.1) is 23.2 Å². The van der Waals surface area contributed by atoms with Crippen LogP contribution in [-0.2, 0) is 4.79 Å². The molecule has 0 radical (unpaired) electrons. The van der Waals surface area contributed by atoms with Crippen molar-refractivity contribution in [3.63, 3.8) is 0 Å². The number of ketones is 1. The molecule has 0 aromatic heterocycles. The first-order valence-corrected chi connectivity index (χ1v) is 4.78. The number of unbranched alkanes of at least 4 members (excludes halogenated alkanes) is 2. The van der Waals surface area contributed by atoms with Gasteiger partial charge in [0.2, 0.25) is 0 Å². The standard InChI is InChI=1S/C8H14Cl2O/c1-7(11)5-3-2-4-6-8(9)10/h8H,2-6H2,1H3. The largest absolute Gasteiger partial charge is 0.300 e. The first-order valence-electron chi connectivity index (χ1n) is 3.90. The van der Waals surface area contributed by atoms with E-state index in [1.807, 2.05) is 0 Å². The second-order valence-corrected chi connectivity index (χ2v) is 3.97. The molecule has 1 nitrogen and oxygen atoms in total. The Morgan fingerprint density at radius 3 is 2.36 bits per heavy atom. The van der Waals surface area contributed by atoms with E-state index in [9.17, 15) is 4.79 Å². The Kier molecular flexibility index (Phi) is 7.09. The van der Waals surface area contributed by atoms with Crippen LogP contribution in [0.2, 0.25) is 0 Å². The molecule has 0 unspecified atom stereocenters. The van der Waals surface area contributed by atoms with E-state index < -0.39 is 0 Å². The Labute approximate surface area is 78.1 Å². The fraction of sp³-hybridized carbons (Fsp3) is 0.875. The van der Waals surface area contributed by atoms with Gasteiger partial charge >= 0.3 is 0 Å². The lowest BCUT2D eigenvalue weighted by atomic mass is 10.1. The first-order chi connectivity index (χ1) is 5.13. The van der Waals surface area contributed by atoms with Crippen LogP contribution in [0.3, 0.4) is 0 Å². The number of carbonyl (C=O) groups excluding carboxylic acids is 1. The Morgan fingerprint density at radius 1 is 1.27 bits per heavy atom. The molecule has 66 valence electrons. The van der Waals surface area contributed by atoms with Crippen LogP contribution in [0, 0.1) is 0 Å². The molecule has 0 fully saturated rings. The quantitative estimate of drug-likeness (QED) is 0.471. The van der Waals surface area contributed by atoms with Crippen molar-refractivity contribution < 1.29 is 4.79 Å². The molecule has 11 heavy (non-hydrogen) atoms. The summed E-state index contributed by atoms with van der Waals surface area (Å²) in [5.41, 5.74) is 0. The normalized spacial score (nSPS) is 10.5. The molecule has 0 atom stereocenters. The highest BCUT2D eigenvalue weighted by Crippen LogP contribution is 2.12. The number of carbonyl (C=O) groups is 1.